The Bertz CT molecular complexity index is 2790. The highest BCUT2D eigenvalue weighted by atomic mass is 16.3. The quantitative estimate of drug-likeness (QED) is 0.188. The third kappa shape index (κ3) is 4.14. The summed E-state index contributed by atoms with van der Waals surface area (Å²) < 4.78 is 12.8. The Hall–Kier alpha value is -6.32. The van der Waals surface area contributed by atoms with Gasteiger partial charge in [-0.3, -0.25) is 0 Å². The standard InChI is InChI=1S/C44H27NO2/c1-2-8-28(9-3-1)29-16-18-32(19-17-29)45(33-21-23-42-39(25-33)36-12-6-7-13-41(36)46-42)34-20-22-37-40-27-38-31(24-43(40)47-44(37)26-34)15-14-30-10-4-5-11-35(30)38/h1-27H. The van der Waals surface area contributed by atoms with Gasteiger partial charge in [-0.2, -0.15) is 0 Å². The first-order chi connectivity index (χ1) is 23.3. The van der Waals surface area contributed by atoms with Gasteiger partial charge in [0.2, 0.25) is 0 Å². The minimum absolute atomic E-state index is 0.859. The molecule has 3 heteroatoms. The van der Waals surface area contributed by atoms with Gasteiger partial charge in [0.15, 0.2) is 0 Å². The highest BCUT2D eigenvalue weighted by Crippen LogP contribution is 2.42. The molecule has 0 radical (unpaired) electrons. The molecule has 0 amide bonds. The molecule has 0 aliphatic rings. The van der Waals surface area contributed by atoms with Crippen molar-refractivity contribution in [1.82, 2.24) is 0 Å². The average molecular weight is 602 g/mol. The van der Waals surface area contributed by atoms with E-state index in [1.165, 1.54) is 32.7 Å². The van der Waals surface area contributed by atoms with E-state index in [2.05, 4.69) is 150 Å². The van der Waals surface area contributed by atoms with Crippen molar-refractivity contribution in [3.05, 3.63) is 164 Å². The maximum atomic E-state index is 6.59. The van der Waals surface area contributed by atoms with E-state index in [1.54, 1.807) is 0 Å². The zero-order valence-corrected chi connectivity index (χ0v) is 25.4. The SMILES string of the molecule is c1ccc(-c2ccc(N(c3ccc4c(c3)oc3cc5ccc6ccccc6c5cc34)c3ccc4oc5ccccc5c4c3)cc2)cc1. The first-order valence-corrected chi connectivity index (χ1v) is 15.9. The lowest BCUT2D eigenvalue weighted by molar-refractivity contribution is 0.668. The van der Waals surface area contributed by atoms with E-state index in [4.69, 9.17) is 8.83 Å². The van der Waals surface area contributed by atoms with E-state index in [0.29, 0.717) is 0 Å². The van der Waals surface area contributed by atoms with Crippen LogP contribution >= 0.6 is 0 Å². The fraction of sp³-hybridized carbons (Fsp3) is 0. The van der Waals surface area contributed by atoms with E-state index in [-0.39, 0.29) is 0 Å². The molecule has 0 saturated carbocycles. The number of nitrogens with zero attached hydrogens (tertiary/aromatic N) is 1. The van der Waals surface area contributed by atoms with Crippen LogP contribution in [0.4, 0.5) is 17.1 Å². The minimum Gasteiger partial charge on any atom is -0.456 e. The molecule has 0 atom stereocenters. The second-order valence-corrected chi connectivity index (χ2v) is 12.2. The fourth-order valence-corrected chi connectivity index (χ4v) is 7.14. The predicted octanol–water partition coefficient (Wildman–Crippen LogP) is 12.9. The van der Waals surface area contributed by atoms with Crippen LogP contribution in [-0.4, -0.2) is 0 Å². The molecule has 10 aromatic rings. The van der Waals surface area contributed by atoms with E-state index < -0.39 is 0 Å². The summed E-state index contributed by atoms with van der Waals surface area (Å²) in [6.45, 7) is 0. The van der Waals surface area contributed by atoms with Gasteiger partial charge < -0.3 is 13.7 Å². The molecule has 0 saturated heterocycles. The first-order valence-electron chi connectivity index (χ1n) is 15.9. The lowest BCUT2D eigenvalue weighted by atomic mass is 10.00. The van der Waals surface area contributed by atoms with Gasteiger partial charge in [-0.15, -0.1) is 0 Å². The molecule has 0 fully saturated rings. The molecule has 220 valence electrons. The molecule has 0 N–H and O–H groups in total. The Kier molecular flexibility index (Phi) is 5.57. The van der Waals surface area contributed by atoms with Crippen LogP contribution in [0, 0.1) is 0 Å². The summed E-state index contributed by atoms with van der Waals surface area (Å²) in [7, 11) is 0. The smallest absolute Gasteiger partial charge is 0.137 e. The second kappa shape index (κ2) is 10.1. The second-order valence-electron chi connectivity index (χ2n) is 12.2. The normalized spacial score (nSPS) is 11.8. The van der Waals surface area contributed by atoms with Gasteiger partial charge in [0.05, 0.1) is 0 Å². The van der Waals surface area contributed by atoms with Crippen LogP contribution in [0.3, 0.4) is 0 Å². The number of hydrogen-bond donors (Lipinski definition) is 0. The molecule has 0 spiro atoms. The maximum absolute atomic E-state index is 6.59. The Morgan fingerprint density at radius 3 is 1.79 bits per heavy atom. The summed E-state index contributed by atoms with van der Waals surface area (Å²) in [6, 6.07) is 57.9. The molecule has 0 unspecified atom stereocenters. The van der Waals surface area contributed by atoms with Gasteiger partial charge in [-0.05, 0) is 93.3 Å². The summed E-state index contributed by atoms with van der Waals surface area (Å²) >= 11 is 0. The van der Waals surface area contributed by atoms with Crippen LogP contribution in [0.15, 0.2) is 173 Å². The zero-order chi connectivity index (χ0) is 30.9. The number of fused-ring (bicyclic) bond motifs is 9. The van der Waals surface area contributed by atoms with Crippen LogP contribution in [0.25, 0.3) is 76.5 Å². The van der Waals surface area contributed by atoms with E-state index >= 15 is 0 Å². The molecule has 0 aliphatic carbocycles. The predicted molar refractivity (Wildman–Crippen MR) is 196 cm³/mol. The average Bonchev–Trinajstić information content (AvgIpc) is 3.68. The number of rotatable bonds is 4. The van der Waals surface area contributed by atoms with Gasteiger partial charge in [-0.25, -0.2) is 0 Å². The number of hydrogen-bond acceptors (Lipinski definition) is 3. The molecule has 47 heavy (non-hydrogen) atoms. The molecule has 8 aromatic carbocycles. The molecule has 3 nitrogen and oxygen atoms in total. The Balaban J connectivity index is 1.16. The summed E-state index contributed by atoms with van der Waals surface area (Å²) in [5.41, 5.74) is 9.02. The number of anilines is 3. The largest absolute Gasteiger partial charge is 0.456 e. The van der Waals surface area contributed by atoms with Crippen molar-refractivity contribution in [3.8, 4) is 11.1 Å². The van der Waals surface area contributed by atoms with Crippen molar-refractivity contribution in [2.24, 2.45) is 0 Å². The van der Waals surface area contributed by atoms with Crippen LogP contribution in [-0.2, 0) is 0 Å². The van der Waals surface area contributed by atoms with Crippen LogP contribution in [0.2, 0.25) is 0 Å². The summed E-state index contributed by atoms with van der Waals surface area (Å²) in [4.78, 5) is 2.30. The lowest BCUT2D eigenvalue weighted by Crippen LogP contribution is -2.09. The van der Waals surface area contributed by atoms with Crippen molar-refractivity contribution >= 4 is 82.5 Å². The molecular formula is C44H27NO2. The summed E-state index contributed by atoms with van der Waals surface area (Å²) in [6.07, 6.45) is 0. The molecule has 2 aromatic heterocycles. The third-order valence-corrected chi connectivity index (χ3v) is 9.43. The van der Waals surface area contributed by atoms with Crippen molar-refractivity contribution < 1.29 is 8.83 Å². The van der Waals surface area contributed by atoms with Gasteiger partial charge >= 0.3 is 0 Å². The van der Waals surface area contributed by atoms with E-state index in [9.17, 15) is 0 Å². The van der Waals surface area contributed by atoms with Crippen molar-refractivity contribution in [3.63, 3.8) is 0 Å². The molecule has 2 heterocycles. The van der Waals surface area contributed by atoms with Crippen molar-refractivity contribution in [1.29, 1.82) is 0 Å². The third-order valence-electron chi connectivity index (χ3n) is 9.43. The fourth-order valence-electron chi connectivity index (χ4n) is 7.14. The first kappa shape index (κ1) is 26.0. The van der Waals surface area contributed by atoms with Crippen molar-refractivity contribution in [2.45, 2.75) is 0 Å². The van der Waals surface area contributed by atoms with E-state index in [1.807, 2.05) is 18.2 Å². The Morgan fingerprint density at radius 1 is 0.298 bits per heavy atom. The van der Waals surface area contributed by atoms with Crippen LogP contribution < -0.4 is 4.90 Å². The van der Waals surface area contributed by atoms with Gasteiger partial charge in [0.1, 0.15) is 22.3 Å². The molecule has 0 aliphatic heterocycles. The van der Waals surface area contributed by atoms with Gasteiger partial charge in [0, 0.05) is 44.7 Å². The number of para-hydroxylation sites is 1. The molecule has 0 bridgehead atoms. The Labute approximate surface area is 270 Å². The highest BCUT2D eigenvalue weighted by molar-refractivity contribution is 6.16. The van der Waals surface area contributed by atoms with Crippen LogP contribution in [0.1, 0.15) is 0 Å². The van der Waals surface area contributed by atoms with Crippen LogP contribution in [0.5, 0.6) is 0 Å². The summed E-state index contributed by atoms with van der Waals surface area (Å²) in [5.74, 6) is 0. The lowest BCUT2D eigenvalue weighted by Gasteiger charge is -2.25. The monoisotopic (exact) mass is 601 g/mol. The number of benzene rings is 8. The minimum atomic E-state index is 0.859. The van der Waals surface area contributed by atoms with E-state index in [0.717, 1.165) is 60.9 Å². The maximum Gasteiger partial charge on any atom is 0.137 e. The molecular weight excluding hydrogens is 574 g/mol. The zero-order valence-electron chi connectivity index (χ0n) is 25.4. The van der Waals surface area contributed by atoms with Crippen molar-refractivity contribution in [2.75, 3.05) is 4.90 Å². The Morgan fingerprint density at radius 2 is 0.894 bits per heavy atom. The molecule has 10 rings (SSSR count). The van der Waals surface area contributed by atoms with Gasteiger partial charge in [0.25, 0.3) is 0 Å². The topological polar surface area (TPSA) is 29.5 Å². The summed E-state index contributed by atoms with van der Waals surface area (Å²) in [5, 5.41) is 9.34. The number of furan rings is 2. The van der Waals surface area contributed by atoms with Gasteiger partial charge in [-0.1, -0.05) is 97.1 Å². The highest BCUT2D eigenvalue weighted by Gasteiger charge is 2.18.